The van der Waals surface area contributed by atoms with Crippen molar-refractivity contribution in [2.24, 2.45) is 10.2 Å². The summed E-state index contributed by atoms with van der Waals surface area (Å²) in [4.78, 5) is 18.1. The van der Waals surface area contributed by atoms with Gasteiger partial charge in [0.15, 0.2) is 17.3 Å². The molecule has 0 bridgehead atoms. The lowest BCUT2D eigenvalue weighted by molar-refractivity contribution is 0.112. The number of nitrogens with two attached hydrogens (primary N) is 3. The predicted molar refractivity (Wildman–Crippen MR) is 71.3 cm³/mol. The quantitative estimate of drug-likeness (QED) is 0.560. The third kappa shape index (κ3) is 2.80. The normalized spacial score (nSPS) is 10.7. The Morgan fingerprint density at radius 1 is 1.05 bits per heavy atom. The average molecular weight is 257 g/mol. The van der Waals surface area contributed by atoms with Crippen LogP contribution in [0, 0.1) is 0 Å². The first-order valence-electron chi connectivity index (χ1n) is 5.25. The van der Waals surface area contributed by atoms with E-state index in [2.05, 4.69) is 20.2 Å². The highest BCUT2D eigenvalue weighted by Gasteiger charge is 2.07. The zero-order valence-electron chi connectivity index (χ0n) is 9.82. The first-order valence-corrected chi connectivity index (χ1v) is 5.25. The Kier molecular flexibility index (Phi) is 3.33. The van der Waals surface area contributed by atoms with E-state index >= 15 is 0 Å². The molecule has 1 heterocycles. The monoisotopic (exact) mass is 257 g/mol. The standard InChI is InChI=1S/C11H11N7O/c12-9-8(10(13)16-11(14)15-9)18-17-7-3-1-2-6(4-7)5-19/h1-5H,(H6,12,13,14,15,16). The highest BCUT2D eigenvalue weighted by atomic mass is 16.1. The second kappa shape index (κ2) is 5.08. The summed E-state index contributed by atoms with van der Waals surface area (Å²) < 4.78 is 0. The van der Waals surface area contributed by atoms with Gasteiger partial charge in [-0.1, -0.05) is 12.1 Å². The van der Waals surface area contributed by atoms with Crippen molar-refractivity contribution >= 4 is 35.2 Å². The van der Waals surface area contributed by atoms with Crippen molar-refractivity contribution in [1.29, 1.82) is 0 Å². The van der Waals surface area contributed by atoms with Crippen LogP contribution in [0.4, 0.5) is 29.0 Å². The van der Waals surface area contributed by atoms with Crippen LogP contribution in [0.1, 0.15) is 10.4 Å². The SMILES string of the molecule is Nc1nc(N)c(N=Nc2cccc(C=O)c2)c(N)n1. The molecule has 0 aliphatic heterocycles. The molecule has 1 aromatic heterocycles. The number of azo groups is 1. The Labute approximate surface area is 108 Å². The minimum absolute atomic E-state index is 0.0306. The molecule has 0 saturated heterocycles. The van der Waals surface area contributed by atoms with E-state index in [1.165, 1.54) is 0 Å². The minimum Gasteiger partial charge on any atom is -0.382 e. The molecule has 6 N–H and O–H groups in total. The zero-order valence-corrected chi connectivity index (χ0v) is 9.82. The van der Waals surface area contributed by atoms with Gasteiger partial charge in [-0.3, -0.25) is 4.79 Å². The van der Waals surface area contributed by atoms with E-state index in [1.807, 2.05) is 0 Å². The molecule has 0 aliphatic rings. The molecule has 19 heavy (non-hydrogen) atoms. The third-order valence-electron chi connectivity index (χ3n) is 2.23. The average Bonchev–Trinajstić information content (AvgIpc) is 2.37. The molecule has 8 nitrogen and oxygen atoms in total. The molecule has 0 spiro atoms. The van der Waals surface area contributed by atoms with Crippen LogP contribution in [-0.2, 0) is 0 Å². The van der Waals surface area contributed by atoms with Crippen molar-refractivity contribution in [2.75, 3.05) is 17.2 Å². The van der Waals surface area contributed by atoms with Crippen LogP contribution in [-0.4, -0.2) is 16.3 Å². The summed E-state index contributed by atoms with van der Waals surface area (Å²) in [7, 11) is 0. The number of carbonyl (C=O) groups is 1. The fourth-order valence-electron chi connectivity index (χ4n) is 1.38. The van der Waals surface area contributed by atoms with Gasteiger partial charge < -0.3 is 17.2 Å². The molecule has 0 aliphatic carbocycles. The number of hydrogen-bond donors (Lipinski definition) is 3. The topological polar surface area (TPSA) is 146 Å². The molecule has 2 rings (SSSR count). The summed E-state index contributed by atoms with van der Waals surface area (Å²) in [6.07, 6.45) is 0.716. The Morgan fingerprint density at radius 3 is 2.37 bits per heavy atom. The highest BCUT2D eigenvalue weighted by Crippen LogP contribution is 2.28. The van der Waals surface area contributed by atoms with Gasteiger partial charge in [-0.05, 0) is 12.1 Å². The molecule has 0 fully saturated rings. The molecule has 0 radical (unpaired) electrons. The lowest BCUT2D eigenvalue weighted by Crippen LogP contribution is -2.03. The van der Waals surface area contributed by atoms with Crippen molar-refractivity contribution in [3.05, 3.63) is 29.8 Å². The van der Waals surface area contributed by atoms with Gasteiger partial charge in [-0.2, -0.15) is 15.1 Å². The molecular weight excluding hydrogens is 246 g/mol. The van der Waals surface area contributed by atoms with Crippen molar-refractivity contribution in [2.45, 2.75) is 0 Å². The summed E-state index contributed by atoms with van der Waals surface area (Å²) in [5.41, 5.74) is 17.7. The molecule has 0 saturated carbocycles. The summed E-state index contributed by atoms with van der Waals surface area (Å²) in [6.45, 7) is 0. The maximum Gasteiger partial charge on any atom is 0.224 e. The van der Waals surface area contributed by atoms with E-state index in [4.69, 9.17) is 17.2 Å². The number of carbonyl (C=O) groups excluding carboxylic acids is 1. The third-order valence-corrected chi connectivity index (χ3v) is 2.23. The van der Waals surface area contributed by atoms with Gasteiger partial charge in [0.25, 0.3) is 0 Å². The van der Waals surface area contributed by atoms with E-state index in [0.29, 0.717) is 17.5 Å². The maximum absolute atomic E-state index is 10.6. The van der Waals surface area contributed by atoms with Gasteiger partial charge in [0.2, 0.25) is 5.95 Å². The Morgan fingerprint density at radius 2 is 1.74 bits per heavy atom. The first kappa shape index (κ1) is 12.4. The minimum atomic E-state index is -0.0306. The van der Waals surface area contributed by atoms with Gasteiger partial charge in [-0.15, -0.1) is 5.11 Å². The highest BCUT2D eigenvalue weighted by molar-refractivity contribution is 5.76. The molecule has 0 amide bonds. The Hall–Kier alpha value is -3.03. The molecular formula is C11H11N7O. The molecule has 8 heteroatoms. The van der Waals surface area contributed by atoms with Crippen LogP contribution in [0.5, 0.6) is 0 Å². The molecule has 0 unspecified atom stereocenters. The van der Waals surface area contributed by atoms with E-state index < -0.39 is 0 Å². The summed E-state index contributed by atoms with van der Waals surface area (Å²) in [5.74, 6) is 0.0532. The van der Waals surface area contributed by atoms with Crippen molar-refractivity contribution in [3.63, 3.8) is 0 Å². The molecule has 1 aromatic carbocycles. The number of rotatable bonds is 3. The maximum atomic E-state index is 10.6. The lowest BCUT2D eigenvalue weighted by atomic mass is 10.2. The number of benzene rings is 1. The molecule has 2 aromatic rings. The summed E-state index contributed by atoms with van der Waals surface area (Å²) in [5, 5.41) is 7.79. The fourth-order valence-corrected chi connectivity index (χ4v) is 1.38. The van der Waals surface area contributed by atoms with Crippen LogP contribution < -0.4 is 17.2 Å². The number of aldehydes is 1. The van der Waals surface area contributed by atoms with E-state index in [-0.39, 0.29) is 23.3 Å². The second-order valence-electron chi connectivity index (χ2n) is 3.61. The van der Waals surface area contributed by atoms with Crippen LogP contribution in [0.25, 0.3) is 0 Å². The van der Waals surface area contributed by atoms with Crippen LogP contribution in [0.15, 0.2) is 34.5 Å². The predicted octanol–water partition coefficient (Wildman–Crippen LogP) is 1.45. The number of hydrogen-bond acceptors (Lipinski definition) is 8. The van der Waals surface area contributed by atoms with Crippen LogP contribution in [0.2, 0.25) is 0 Å². The Bertz CT molecular complexity index is 630. The van der Waals surface area contributed by atoms with Gasteiger partial charge in [0.05, 0.1) is 5.69 Å². The number of nitrogen functional groups attached to an aromatic ring is 3. The second-order valence-corrected chi connectivity index (χ2v) is 3.61. The van der Waals surface area contributed by atoms with Crippen LogP contribution >= 0.6 is 0 Å². The van der Waals surface area contributed by atoms with Gasteiger partial charge >= 0.3 is 0 Å². The smallest absolute Gasteiger partial charge is 0.224 e. The van der Waals surface area contributed by atoms with Gasteiger partial charge in [0, 0.05) is 5.56 Å². The van der Waals surface area contributed by atoms with Crippen molar-refractivity contribution in [3.8, 4) is 0 Å². The first-order chi connectivity index (χ1) is 9.10. The van der Waals surface area contributed by atoms with Crippen molar-refractivity contribution < 1.29 is 4.79 Å². The van der Waals surface area contributed by atoms with Crippen LogP contribution in [0.3, 0.4) is 0 Å². The van der Waals surface area contributed by atoms with Gasteiger partial charge in [-0.25, -0.2) is 0 Å². The van der Waals surface area contributed by atoms with E-state index in [1.54, 1.807) is 24.3 Å². The Balaban J connectivity index is 2.35. The molecule has 96 valence electrons. The van der Waals surface area contributed by atoms with Crippen molar-refractivity contribution in [1.82, 2.24) is 9.97 Å². The summed E-state index contributed by atoms with van der Waals surface area (Å²) >= 11 is 0. The fraction of sp³-hybridized carbons (Fsp3) is 0. The van der Waals surface area contributed by atoms with E-state index in [0.717, 1.165) is 0 Å². The zero-order chi connectivity index (χ0) is 13.8. The lowest BCUT2D eigenvalue weighted by Gasteiger charge is -2.02. The summed E-state index contributed by atoms with van der Waals surface area (Å²) in [6, 6.07) is 6.59. The van der Waals surface area contributed by atoms with E-state index in [9.17, 15) is 4.79 Å². The number of anilines is 3. The largest absolute Gasteiger partial charge is 0.382 e. The number of aromatic nitrogens is 2. The number of nitrogens with zero attached hydrogens (tertiary/aromatic N) is 4. The van der Waals surface area contributed by atoms with Gasteiger partial charge in [0.1, 0.15) is 6.29 Å². The molecule has 0 atom stereocenters.